The lowest BCUT2D eigenvalue weighted by molar-refractivity contribution is -0.0309. The normalized spacial score (nSPS) is 15.3. The molecule has 0 spiro atoms. The lowest BCUT2D eigenvalue weighted by atomic mass is 10.1. The molecule has 5 heterocycles. The number of nitrogens with zero attached hydrogens (tertiary/aromatic N) is 6. The van der Waals surface area contributed by atoms with Crippen LogP contribution in [0.15, 0.2) is 54.0 Å². The van der Waals surface area contributed by atoms with Crippen LogP contribution in [0.25, 0.3) is 26.6 Å². The summed E-state index contributed by atoms with van der Waals surface area (Å²) in [5, 5.41) is 6.42. The Morgan fingerprint density at radius 1 is 1.13 bits per heavy atom. The minimum atomic E-state index is -0.106. The summed E-state index contributed by atoms with van der Waals surface area (Å²) < 4.78 is 14.1. The van der Waals surface area contributed by atoms with Crippen LogP contribution in [0.3, 0.4) is 0 Å². The second-order valence-electron chi connectivity index (χ2n) is 9.31. The molecule has 196 valence electrons. The Labute approximate surface area is 230 Å². The van der Waals surface area contributed by atoms with Crippen molar-refractivity contribution in [2.45, 2.75) is 38.8 Å². The molecule has 0 radical (unpaired) electrons. The molecule has 0 amide bonds. The lowest BCUT2D eigenvalue weighted by Gasteiger charge is -2.25. The summed E-state index contributed by atoms with van der Waals surface area (Å²) in [6.45, 7) is 10.1. The van der Waals surface area contributed by atoms with E-state index in [2.05, 4.69) is 24.7 Å². The van der Waals surface area contributed by atoms with Gasteiger partial charge in [-0.2, -0.15) is 0 Å². The summed E-state index contributed by atoms with van der Waals surface area (Å²) in [6.07, 6.45) is 5.23. The molecule has 6 rings (SSSR count). The van der Waals surface area contributed by atoms with E-state index in [9.17, 15) is 0 Å². The van der Waals surface area contributed by atoms with Gasteiger partial charge in [-0.25, -0.2) is 15.0 Å². The molecule has 10 heteroatoms. The van der Waals surface area contributed by atoms with Crippen LogP contribution in [0, 0.1) is 13.5 Å². The number of ether oxygens (including phenoxy) is 2. The fraction of sp³-hybridized carbons (Fsp3) is 0.276. The molecule has 1 aliphatic rings. The summed E-state index contributed by atoms with van der Waals surface area (Å²) in [5.41, 5.74) is 5.64. The van der Waals surface area contributed by atoms with Gasteiger partial charge in [-0.15, -0.1) is 16.3 Å². The Balaban J connectivity index is 1.48. The maximum absolute atomic E-state index is 7.33. The van der Waals surface area contributed by atoms with Crippen LogP contribution in [0.1, 0.15) is 42.7 Å². The lowest BCUT2D eigenvalue weighted by Crippen LogP contribution is -2.19. The van der Waals surface area contributed by atoms with Crippen molar-refractivity contribution in [3.8, 4) is 16.3 Å². The molecular formula is C29H27N7O2S. The number of aryl methyl sites for hydroxylation is 1. The van der Waals surface area contributed by atoms with E-state index in [1.165, 1.54) is 0 Å². The number of pyridine rings is 2. The van der Waals surface area contributed by atoms with Crippen molar-refractivity contribution in [1.29, 1.82) is 0 Å². The first-order chi connectivity index (χ1) is 19.1. The zero-order chi connectivity index (χ0) is 26.8. The highest BCUT2D eigenvalue weighted by molar-refractivity contribution is 7.13. The molecule has 1 N–H and O–H groups in total. The van der Waals surface area contributed by atoms with Gasteiger partial charge in [0.25, 0.3) is 5.82 Å². The van der Waals surface area contributed by atoms with Crippen LogP contribution in [0.4, 0.5) is 17.2 Å². The van der Waals surface area contributed by atoms with Crippen LogP contribution >= 0.6 is 11.3 Å². The summed E-state index contributed by atoms with van der Waals surface area (Å²) >= 11 is 1.56. The SMILES string of the molecule is [C-]#[N+]c1cccc(Cc2cc(Nc3cccc(-c4nccs4)c3OC)c3nc(C)n(C4CCCCO4)c3n2)n1. The van der Waals surface area contributed by atoms with E-state index in [-0.39, 0.29) is 6.23 Å². The van der Waals surface area contributed by atoms with E-state index in [0.29, 0.717) is 18.0 Å². The third kappa shape index (κ3) is 4.94. The molecule has 1 fully saturated rings. The van der Waals surface area contributed by atoms with E-state index < -0.39 is 0 Å². The highest BCUT2D eigenvalue weighted by Gasteiger charge is 2.24. The quantitative estimate of drug-likeness (QED) is 0.227. The minimum Gasteiger partial charge on any atom is -0.494 e. The van der Waals surface area contributed by atoms with Gasteiger partial charge in [-0.05, 0) is 56.5 Å². The topological polar surface area (TPSA) is 91.3 Å². The van der Waals surface area contributed by atoms with E-state index in [1.54, 1.807) is 30.7 Å². The zero-order valence-corrected chi connectivity index (χ0v) is 22.5. The van der Waals surface area contributed by atoms with Crippen molar-refractivity contribution in [2.24, 2.45) is 0 Å². The number of nitrogens with one attached hydrogen (secondary N) is 1. The van der Waals surface area contributed by atoms with Gasteiger partial charge in [0.05, 0.1) is 36.2 Å². The number of hydrogen-bond donors (Lipinski definition) is 1. The standard InChI is InChI=1S/C29H27N7O2S/c1-18-32-26-23(35-22-10-7-9-21(27(22)37-3)29-31-13-15-39-29)17-20(16-19-8-6-11-24(30-2)33-19)34-28(26)36(18)25-12-4-5-14-38-25/h6-11,13,15,17,25H,4-5,12,14,16H2,1,3H3,(H,34,35). The Morgan fingerprint density at radius 2 is 2.03 bits per heavy atom. The third-order valence-electron chi connectivity index (χ3n) is 6.74. The van der Waals surface area contributed by atoms with Crippen LogP contribution in [0.5, 0.6) is 5.75 Å². The third-order valence-corrected chi connectivity index (χ3v) is 7.55. The molecule has 1 atom stereocenters. The monoisotopic (exact) mass is 537 g/mol. The molecule has 9 nitrogen and oxygen atoms in total. The second kappa shape index (κ2) is 10.8. The Hall–Kier alpha value is -4.33. The maximum atomic E-state index is 7.33. The highest BCUT2D eigenvalue weighted by Crippen LogP contribution is 2.40. The first-order valence-corrected chi connectivity index (χ1v) is 13.7. The predicted molar refractivity (Wildman–Crippen MR) is 152 cm³/mol. The Morgan fingerprint density at radius 3 is 2.79 bits per heavy atom. The van der Waals surface area contributed by atoms with Gasteiger partial charge in [0.1, 0.15) is 28.3 Å². The van der Waals surface area contributed by atoms with Crippen LogP contribution < -0.4 is 10.1 Å². The predicted octanol–water partition coefficient (Wildman–Crippen LogP) is 6.85. The fourth-order valence-corrected chi connectivity index (χ4v) is 5.68. The van der Waals surface area contributed by atoms with Crippen molar-refractivity contribution in [3.05, 3.63) is 82.7 Å². The molecule has 1 saturated heterocycles. The average molecular weight is 538 g/mol. The number of para-hydroxylation sites is 1. The summed E-state index contributed by atoms with van der Waals surface area (Å²) in [5.74, 6) is 1.92. The van der Waals surface area contributed by atoms with Crippen molar-refractivity contribution in [2.75, 3.05) is 19.0 Å². The molecule has 0 aliphatic carbocycles. The molecule has 0 saturated carbocycles. The van der Waals surface area contributed by atoms with E-state index in [1.807, 2.05) is 48.7 Å². The fourth-order valence-electron chi connectivity index (χ4n) is 5.02. The van der Waals surface area contributed by atoms with Crippen LogP contribution in [-0.4, -0.2) is 38.2 Å². The van der Waals surface area contributed by atoms with E-state index >= 15 is 0 Å². The molecule has 1 aromatic carbocycles. The van der Waals surface area contributed by atoms with Crippen LogP contribution in [0.2, 0.25) is 0 Å². The van der Waals surface area contributed by atoms with Crippen molar-refractivity contribution >= 4 is 39.7 Å². The molecule has 0 bridgehead atoms. The summed E-state index contributed by atoms with van der Waals surface area (Å²) in [7, 11) is 1.67. The summed E-state index contributed by atoms with van der Waals surface area (Å²) in [4.78, 5) is 22.4. The molecule has 39 heavy (non-hydrogen) atoms. The number of rotatable bonds is 7. The van der Waals surface area contributed by atoms with Gasteiger partial charge < -0.3 is 19.6 Å². The Bertz CT molecular complexity index is 1670. The summed E-state index contributed by atoms with van der Waals surface area (Å²) in [6, 6.07) is 13.5. The smallest absolute Gasteiger partial charge is 0.269 e. The molecule has 1 aliphatic heterocycles. The number of benzene rings is 1. The highest BCUT2D eigenvalue weighted by atomic mass is 32.1. The second-order valence-corrected chi connectivity index (χ2v) is 10.2. The molecule has 5 aromatic rings. The van der Waals surface area contributed by atoms with Crippen molar-refractivity contribution in [1.82, 2.24) is 24.5 Å². The van der Waals surface area contributed by atoms with Gasteiger partial charge >= 0.3 is 0 Å². The van der Waals surface area contributed by atoms with Gasteiger partial charge in [0.15, 0.2) is 11.4 Å². The molecule has 4 aromatic heterocycles. The number of thiazole rings is 1. The average Bonchev–Trinajstić information content (AvgIpc) is 3.61. The first kappa shape index (κ1) is 25.0. The maximum Gasteiger partial charge on any atom is 0.269 e. The van der Waals surface area contributed by atoms with Gasteiger partial charge in [-0.3, -0.25) is 4.57 Å². The number of methoxy groups -OCH3 is 1. The number of fused-ring (bicyclic) bond motifs is 1. The Kier molecular flexibility index (Phi) is 6.92. The molecule has 1 unspecified atom stereocenters. The van der Waals surface area contributed by atoms with Crippen LogP contribution in [-0.2, 0) is 11.2 Å². The number of hydrogen-bond acceptors (Lipinski definition) is 8. The van der Waals surface area contributed by atoms with Gasteiger partial charge in [0, 0.05) is 18.2 Å². The largest absolute Gasteiger partial charge is 0.494 e. The zero-order valence-electron chi connectivity index (χ0n) is 21.7. The first-order valence-electron chi connectivity index (χ1n) is 12.8. The number of aromatic nitrogens is 5. The van der Waals surface area contributed by atoms with E-state index in [0.717, 1.165) is 76.2 Å². The molecular weight excluding hydrogens is 510 g/mol. The van der Waals surface area contributed by atoms with Crippen molar-refractivity contribution in [3.63, 3.8) is 0 Å². The van der Waals surface area contributed by atoms with Gasteiger partial charge in [-0.1, -0.05) is 18.7 Å². The van der Waals surface area contributed by atoms with Crippen molar-refractivity contribution < 1.29 is 9.47 Å². The van der Waals surface area contributed by atoms with Gasteiger partial charge in [0.2, 0.25) is 0 Å². The minimum absolute atomic E-state index is 0.106. The number of imidazole rings is 1. The van der Waals surface area contributed by atoms with E-state index in [4.69, 9.17) is 26.0 Å². The number of anilines is 2.